The van der Waals surface area contributed by atoms with E-state index in [4.69, 9.17) is 14.4 Å². The largest absolute Gasteiger partial charge is 0.497 e. The first-order chi connectivity index (χ1) is 15.8. The summed E-state index contributed by atoms with van der Waals surface area (Å²) in [6.07, 6.45) is 1.76. The summed E-state index contributed by atoms with van der Waals surface area (Å²) in [6, 6.07) is 17.5. The van der Waals surface area contributed by atoms with Crippen LogP contribution in [0.1, 0.15) is 48.4 Å². The predicted octanol–water partition coefficient (Wildman–Crippen LogP) is 4.22. The van der Waals surface area contributed by atoms with E-state index in [1.54, 1.807) is 18.0 Å². The van der Waals surface area contributed by atoms with Crippen LogP contribution in [0.5, 0.6) is 5.75 Å². The molecule has 1 N–H and O–H groups in total. The number of benzene rings is 2. The molecule has 0 spiro atoms. The number of carbonyl (C=O) groups is 1. The van der Waals surface area contributed by atoms with Crippen molar-refractivity contribution in [2.45, 2.75) is 39.3 Å². The average molecular weight is 446 g/mol. The topological polar surface area (TPSA) is 95.1 Å². The van der Waals surface area contributed by atoms with E-state index >= 15 is 0 Å². The van der Waals surface area contributed by atoms with Crippen LogP contribution in [0.3, 0.4) is 0 Å². The minimum absolute atomic E-state index is 0.153. The van der Waals surface area contributed by atoms with Gasteiger partial charge in [0.15, 0.2) is 5.82 Å². The third kappa shape index (κ3) is 5.28. The Labute approximate surface area is 192 Å². The van der Waals surface area contributed by atoms with Gasteiger partial charge in [-0.1, -0.05) is 68.4 Å². The third-order valence-electron chi connectivity index (χ3n) is 5.05. The number of nitrogens with zero attached hydrogens (tertiary/aromatic N) is 4. The molecule has 2 aromatic heterocycles. The molecule has 0 radical (unpaired) electrons. The fraction of sp³-hybridized carbons (Fsp3) is 0.280. The van der Waals surface area contributed by atoms with Crippen LogP contribution in [-0.2, 0) is 18.5 Å². The number of hydrogen-bond acceptors (Lipinski definition) is 6. The van der Waals surface area contributed by atoms with E-state index in [1.807, 2.05) is 75.4 Å². The van der Waals surface area contributed by atoms with Crippen molar-refractivity contribution >= 4 is 5.91 Å². The maximum Gasteiger partial charge on any atom is 0.255 e. The Hall–Kier alpha value is -3.94. The molecule has 0 unspecified atom stereocenters. The molecule has 1 amide bonds. The maximum absolute atomic E-state index is 13.2. The fourth-order valence-electron chi connectivity index (χ4n) is 3.31. The molecule has 0 aliphatic rings. The Kier molecular flexibility index (Phi) is 6.26. The second-order valence-electron chi connectivity index (χ2n) is 8.75. The molecule has 0 saturated heterocycles. The maximum atomic E-state index is 13.2. The van der Waals surface area contributed by atoms with Crippen LogP contribution in [0.4, 0.5) is 0 Å². The predicted molar refractivity (Wildman–Crippen MR) is 124 cm³/mol. The highest BCUT2D eigenvalue weighted by Gasteiger charge is 2.23. The summed E-state index contributed by atoms with van der Waals surface area (Å²) in [6.45, 7) is 6.67. The molecule has 170 valence electrons. The molecule has 8 heteroatoms. The van der Waals surface area contributed by atoms with Gasteiger partial charge in [0, 0.05) is 17.2 Å². The van der Waals surface area contributed by atoms with E-state index < -0.39 is 0 Å². The zero-order valence-corrected chi connectivity index (χ0v) is 19.2. The second kappa shape index (κ2) is 9.28. The summed E-state index contributed by atoms with van der Waals surface area (Å²) >= 11 is 0. The summed E-state index contributed by atoms with van der Waals surface area (Å²) in [5, 5.41) is 11.6. The molecule has 0 fully saturated rings. The lowest BCUT2D eigenvalue weighted by Crippen LogP contribution is -2.24. The molecule has 4 aromatic rings. The number of carbonyl (C=O) groups excluding carboxylic acids is 1. The molecule has 4 rings (SSSR count). The summed E-state index contributed by atoms with van der Waals surface area (Å²) in [5.41, 5.74) is 2.66. The lowest BCUT2D eigenvalue weighted by molar-refractivity contribution is 0.0950. The fourth-order valence-corrected chi connectivity index (χ4v) is 3.31. The van der Waals surface area contributed by atoms with Gasteiger partial charge in [-0.05, 0) is 17.7 Å². The summed E-state index contributed by atoms with van der Waals surface area (Å²) in [7, 11) is 1.61. The molecule has 33 heavy (non-hydrogen) atoms. The van der Waals surface area contributed by atoms with Crippen molar-refractivity contribution < 1.29 is 14.1 Å². The van der Waals surface area contributed by atoms with Crippen molar-refractivity contribution in [2.24, 2.45) is 0 Å². The van der Waals surface area contributed by atoms with Gasteiger partial charge < -0.3 is 14.6 Å². The smallest absolute Gasteiger partial charge is 0.255 e. The van der Waals surface area contributed by atoms with E-state index in [1.165, 1.54) is 0 Å². The number of ether oxygens (including phenoxy) is 1. The van der Waals surface area contributed by atoms with Crippen LogP contribution in [-0.4, -0.2) is 32.9 Å². The van der Waals surface area contributed by atoms with Gasteiger partial charge in [-0.2, -0.15) is 10.1 Å². The van der Waals surface area contributed by atoms with Crippen molar-refractivity contribution in [3.05, 3.63) is 83.6 Å². The average Bonchev–Trinajstić information content (AvgIpc) is 3.46. The van der Waals surface area contributed by atoms with Crippen LogP contribution >= 0.6 is 0 Å². The van der Waals surface area contributed by atoms with E-state index in [9.17, 15) is 4.79 Å². The zero-order valence-electron chi connectivity index (χ0n) is 19.2. The number of nitrogens with one attached hydrogen (secondary N) is 1. The van der Waals surface area contributed by atoms with Gasteiger partial charge in [0.2, 0.25) is 5.89 Å². The molecule has 0 aliphatic heterocycles. The SMILES string of the molecule is COc1cccc(-c2nn(Cc3ccccc3)cc2C(=O)NCc2noc(C(C)(C)C)n2)c1. The van der Waals surface area contributed by atoms with Crippen molar-refractivity contribution in [1.29, 1.82) is 0 Å². The first-order valence-electron chi connectivity index (χ1n) is 10.7. The molecule has 8 nitrogen and oxygen atoms in total. The van der Waals surface area contributed by atoms with Crippen molar-refractivity contribution in [3.8, 4) is 17.0 Å². The van der Waals surface area contributed by atoms with Crippen LogP contribution in [0, 0.1) is 0 Å². The molecule has 0 aliphatic carbocycles. The standard InChI is InChI=1S/C25H27N5O3/c1-25(2,3)24-27-21(29-33-24)14-26-23(31)20-16-30(15-17-9-6-5-7-10-17)28-22(20)18-11-8-12-19(13-18)32-4/h5-13,16H,14-15H2,1-4H3,(H,26,31). The van der Waals surface area contributed by atoms with Crippen LogP contribution < -0.4 is 10.1 Å². The summed E-state index contributed by atoms with van der Waals surface area (Å²) in [4.78, 5) is 17.5. The highest BCUT2D eigenvalue weighted by Crippen LogP contribution is 2.26. The highest BCUT2D eigenvalue weighted by atomic mass is 16.5. The van der Waals surface area contributed by atoms with Gasteiger partial charge in [-0.25, -0.2) is 0 Å². The molecular weight excluding hydrogens is 418 g/mol. The normalized spacial score (nSPS) is 11.4. The number of amides is 1. The van der Waals surface area contributed by atoms with Crippen molar-refractivity contribution in [3.63, 3.8) is 0 Å². The Morgan fingerprint density at radius 1 is 1.12 bits per heavy atom. The number of aromatic nitrogens is 4. The van der Waals surface area contributed by atoms with Gasteiger partial charge in [0.25, 0.3) is 5.91 Å². The molecule has 0 bridgehead atoms. The molecule has 2 aromatic carbocycles. The Morgan fingerprint density at radius 2 is 1.91 bits per heavy atom. The minimum Gasteiger partial charge on any atom is -0.497 e. The Bertz CT molecular complexity index is 1240. The number of methoxy groups -OCH3 is 1. The second-order valence-corrected chi connectivity index (χ2v) is 8.75. The van der Waals surface area contributed by atoms with Crippen LogP contribution in [0.25, 0.3) is 11.3 Å². The van der Waals surface area contributed by atoms with Gasteiger partial charge in [0.05, 0.1) is 25.8 Å². The van der Waals surface area contributed by atoms with E-state index in [-0.39, 0.29) is 17.9 Å². The molecule has 0 atom stereocenters. The molecule has 2 heterocycles. The Morgan fingerprint density at radius 3 is 2.61 bits per heavy atom. The van der Waals surface area contributed by atoms with Crippen molar-refractivity contribution in [1.82, 2.24) is 25.2 Å². The van der Waals surface area contributed by atoms with Gasteiger partial charge >= 0.3 is 0 Å². The van der Waals surface area contributed by atoms with Gasteiger partial charge in [0.1, 0.15) is 11.4 Å². The molecular formula is C25H27N5O3. The van der Waals surface area contributed by atoms with Gasteiger partial charge in [-0.3, -0.25) is 9.48 Å². The quantitative estimate of drug-likeness (QED) is 0.458. The number of hydrogen-bond donors (Lipinski definition) is 1. The van der Waals surface area contributed by atoms with E-state index in [0.717, 1.165) is 11.1 Å². The highest BCUT2D eigenvalue weighted by molar-refractivity contribution is 5.99. The van der Waals surface area contributed by atoms with E-state index in [2.05, 4.69) is 15.5 Å². The van der Waals surface area contributed by atoms with E-state index in [0.29, 0.717) is 35.3 Å². The Balaban J connectivity index is 1.60. The van der Waals surface area contributed by atoms with Crippen LogP contribution in [0.2, 0.25) is 0 Å². The minimum atomic E-state index is -0.269. The summed E-state index contributed by atoms with van der Waals surface area (Å²) in [5.74, 6) is 1.37. The lowest BCUT2D eigenvalue weighted by atomic mass is 9.97. The first-order valence-corrected chi connectivity index (χ1v) is 10.7. The molecule has 0 saturated carbocycles. The monoisotopic (exact) mass is 445 g/mol. The van der Waals surface area contributed by atoms with Crippen LogP contribution in [0.15, 0.2) is 65.3 Å². The third-order valence-corrected chi connectivity index (χ3v) is 5.05. The van der Waals surface area contributed by atoms with Crippen molar-refractivity contribution in [2.75, 3.05) is 7.11 Å². The first kappa shape index (κ1) is 22.3. The van der Waals surface area contributed by atoms with Gasteiger partial charge in [-0.15, -0.1) is 0 Å². The zero-order chi connectivity index (χ0) is 23.4. The lowest BCUT2D eigenvalue weighted by Gasteiger charge is -2.10. The number of rotatable bonds is 7. The summed E-state index contributed by atoms with van der Waals surface area (Å²) < 4.78 is 12.4.